The molecule has 0 saturated heterocycles. The van der Waals surface area contributed by atoms with Crippen LogP contribution < -0.4 is 0 Å². The van der Waals surface area contributed by atoms with Crippen molar-refractivity contribution in [2.45, 2.75) is 6.61 Å². The third-order valence-corrected chi connectivity index (χ3v) is 3.40. The summed E-state index contributed by atoms with van der Waals surface area (Å²) in [5.74, 6) is -0.501. The zero-order valence-corrected chi connectivity index (χ0v) is 12.6. The molecule has 100 valence electrons. The van der Waals surface area contributed by atoms with E-state index in [1.54, 1.807) is 42.5 Å². The molecule has 0 aliphatic carbocycles. The summed E-state index contributed by atoms with van der Waals surface area (Å²) in [6.07, 6.45) is 0. The summed E-state index contributed by atoms with van der Waals surface area (Å²) < 4.78 is 5.95. The third kappa shape index (κ3) is 3.60. The topological polar surface area (TPSA) is 50.1 Å². The molecule has 3 nitrogen and oxygen atoms in total. The predicted molar refractivity (Wildman–Crippen MR) is 79.4 cm³/mol. The van der Waals surface area contributed by atoms with E-state index in [0.717, 1.165) is 10.0 Å². The molecule has 0 N–H and O–H groups in total. The Kier molecular flexibility index (Phi) is 4.78. The van der Waals surface area contributed by atoms with Crippen molar-refractivity contribution in [2.24, 2.45) is 0 Å². The molecule has 0 spiro atoms. The summed E-state index contributed by atoms with van der Waals surface area (Å²) in [6, 6.07) is 13.9. The molecular weight excluding hydrogens is 342 g/mol. The molecule has 0 atom stereocenters. The maximum Gasteiger partial charge on any atom is 0.340 e. The molecule has 2 aromatic carbocycles. The molecule has 0 unspecified atom stereocenters. The Morgan fingerprint density at radius 2 is 2.10 bits per heavy atom. The van der Waals surface area contributed by atoms with Crippen LogP contribution in [0.4, 0.5) is 0 Å². The summed E-state index contributed by atoms with van der Waals surface area (Å²) in [5, 5.41) is 9.14. The Morgan fingerprint density at radius 1 is 1.30 bits per heavy atom. The van der Waals surface area contributed by atoms with E-state index in [-0.39, 0.29) is 6.61 Å². The number of halogens is 2. The van der Waals surface area contributed by atoms with Gasteiger partial charge in [-0.2, -0.15) is 5.26 Å². The first-order valence-electron chi connectivity index (χ1n) is 5.71. The van der Waals surface area contributed by atoms with Crippen molar-refractivity contribution in [1.29, 1.82) is 5.26 Å². The number of rotatable bonds is 3. The van der Waals surface area contributed by atoms with Crippen LogP contribution in [0.15, 0.2) is 46.9 Å². The minimum atomic E-state index is -0.501. The second-order valence-corrected chi connectivity index (χ2v) is 5.34. The van der Waals surface area contributed by atoms with Crippen LogP contribution in [-0.4, -0.2) is 5.97 Å². The number of nitriles is 1. The lowest BCUT2D eigenvalue weighted by Crippen LogP contribution is -2.06. The lowest BCUT2D eigenvalue weighted by atomic mass is 10.1. The third-order valence-electron chi connectivity index (χ3n) is 2.57. The van der Waals surface area contributed by atoms with Gasteiger partial charge >= 0.3 is 5.97 Å². The fraction of sp³-hybridized carbons (Fsp3) is 0.0667. The molecule has 0 radical (unpaired) electrons. The van der Waals surface area contributed by atoms with E-state index in [2.05, 4.69) is 15.9 Å². The van der Waals surface area contributed by atoms with E-state index in [1.807, 2.05) is 6.07 Å². The first kappa shape index (κ1) is 14.6. The van der Waals surface area contributed by atoms with Crippen LogP contribution in [0.5, 0.6) is 0 Å². The highest BCUT2D eigenvalue weighted by atomic mass is 79.9. The van der Waals surface area contributed by atoms with Gasteiger partial charge in [-0.1, -0.05) is 39.7 Å². The van der Waals surface area contributed by atoms with Crippen LogP contribution in [0.25, 0.3) is 0 Å². The van der Waals surface area contributed by atoms with Gasteiger partial charge in [0.1, 0.15) is 6.61 Å². The molecule has 0 aromatic heterocycles. The van der Waals surface area contributed by atoms with E-state index in [1.165, 1.54) is 0 Å². The highest BCUT2D eigenvalue weighted by molar-refractivity contribution is 9.10. The number of benzene rings is 2. The maximum atomic E-state index is 12.0. The predicted octanol–water partition coefficient (Wildman–Crippen LogP) is 4.33. The van der Waals surface area contributed by atoms with Crippen molar-refractivity contribution in [3.63, 3.8) is 0 Å². The first-order chi connectivity index (χ1) is 9.60. The quantitative estimate of drug-likeness (QED) is 0.774. The molecule has 0 bridgehead atoms. The van der Waals surface area contributed by atoms with Gasteiger partial charge in [0.25, 0.3) is 0 Å². The first-order valence-corrected chi connectivity index (χ1v) is 6.88. The van der Waals surface area contributed by atoms with Gasteiger partial charge in [0.15, 0.2) is 0 Å². The van der Waals surface area contributed by atoms with Gasteiger partial charge in [0.2, 0.25) is 0 Å². The zero-order chi connectivity index (χ0) is 14.5. The highest BCUT2D eigenvalue weighted by Crippen LogP contribution is 2.22. The Balaban J connectivity index is 2.09. The van der Waals surface area contributed by atoms with E-state index >= 15 is 0 Å². The smallest absolute Gasteiger partial charge is 0.340 e. The Hall–Kier alpha value is -1.83. The van der Waals surface area contributed by atoms with E-state index < -0.39 is 5.97 Å². The molecule has 0 fully saturated rings. The molecule has 5 heteroatoms. The summed E-state index contributed by atoms with van der Waals surface area (Å²) in [4.78, 5) is 12.0. The SMILES string of the molecule is N#Cc1cccc(COC(=O)c2cc(Br)ccc2Cl)c1. The van der Waals surface area contributed by atoms with Gasteiger partial charge in [-0.15, -0.1) is 0 Å². The molecule has 0 saturated carbocycles. The number of nitrogens with zero attached hydrogens (tertiary/aromatic N) is 1. The monoisotopic (exact) mass is 349 g/mol. The molecule has 2 rings (SSSR count). The van der Waals surface area contributed by atoms with Crippen molar-refractivity contribution in [3.05, 3.63) is 68.7 Å². The standard InChI is InChI=1S/C15H9BrClNO2/c16-12-4-5-14(17)13(7-12)15(19)20-9-11-3-1-2-10(6-11)8-18/h1-7H,9H2. The molecule has 0 heterocycles. The lowest BCUT2D eigenvalue weighted by molar-refractivity contribution is 0.0473. The number of hydrogen-bond acceptors (Lipinski definition) is 3. The average molecular weight is 351 g/mol. The number of ether oxygens (including phenoxy) is 1. The van der Waals surface area contributed by atoms with Crippen molar-refractivity contribution in [1.82, 2.24) is 0 Å². The number of hydrogen-bond donors (Lipinski definition) is 0. The lowest BCUT2D eigenvalue weighted by Gasteiger charge is -2.07. The van der Waals surface area contributed by atoms with Crippen LogP contribution in [-0.2, 0) is 11.3 Å². The van der Waals surface area contributed by atoms with E-state index in [4.69, 9.17) is 21.6 Å². The van der Waals surface area contributed by atoms with Gasteiger partial charge < -0.3 is 4.74 Å². The summed E-state index contributed by atoms with van der Waals surface area (Å²) in [6.45, 7) is 0.0944. The van der Waals surface area contributed by atoms with Gasteiger partial charge in [0, 0.05) is 4.47 Å². The van der Waals surface area contributed by atoms with Crippen molar-refractivity contribution < 1.29 is 9.53 Å². The second kappa shape index (κ2) is 6.56. The fourth-order valence-corrected chi connectivity index (χ4v) is 2.17. The van der Waals surface area contributed by atoms with Gasteiger partial charge in [-0.3, -0.25) is 0 Å². The fourth-order valence-electron chi connectivity index (χ4n) is 1.61. The summed E-state index contributed by atoms with van der Waals surface area (Å²) in [7, 11) is 0. The Labute approximate surface area is 129 Å². The van der Waals surface area contributed by atoms with Crippen LogP contribution in [0.1, 0.15) is 21.5 Å². The van der Waals surface area contributed by atoms with Gasteiger partial charge in [0.05, 0.1) is 22.2 Å². The van der Waals surface area contributed by atoms with Crippen LogP contribution in [0.2, 0.25) is 5.02 Å². The van der Waals surface area contributed by atoms with Crippen molar-refractivity contribution in [3.8, 4) is 6.07 Å². The van der Waals surface area contributed by atoms with E-state index in [0.29, 0.717) is 16.1 Å². The number of carbonyl (C=O) groups is 1. The maximum absolute atomic E-state index is 12.0. The average Bonchev–Trinajstić information content (AvgIpc) is 2.47. The summed E-state index contributed by atoms with van der Waals surface area (Å²) >= 11 is 9.23. The molecule has 0 amide bonds. The number of esters is 1. The minimum absolute atomic E-state index is 0.0944. The summed E-state index contributed by atoms with van der Waals surface area (Å²) in [5.41, 5.74) is 1.58. The normalized spacial score (nSPS) is 9.85. The molecule has 2 aromatic rings. The van der Waals surface area contributed by atoms with Crippen LogP contribution in [0.3, 0.4) is 0 Å². The molecule has 0 aliphatic rings. The van der Waals surface area contributed by atoms with E-state index in [9.17, 15) is 4.79 Å². The van der Waals surface area contributed by atoms with Crippen molar-refractivity contribution >= 4 is 33.5 Å². The Morgan fingerprint density at radius 3 is 2.85 bits per heavy atom. The largest absolute Gasteiger partial charge is 0.457 e. The Bertz CT molecular complexity index is 695. The highest BCUT2D eigenvalue weighted by Gasteiger charge is 2.12. The molecule has 20 heavy (non-hydrogen) atoms. The zero-order valence-electron chi connectivity index (χ0n) is 10.3. The van der Waals surface area contributed by atoms with Crippen LogP contribution >= 0.6 is 27.5 Å². The minimum Gasteiger partial charge on any atom is -0.457 e. The molecular formula is C15H9BrClNO2. The van der Waals surface area contributed by atoms with Crippen LogP contribution in [0, 0.1) is 11.3 Å². The van der Waals surface area contributed by atoms with Crippen molar-refractivity contribution in [2.75, 3.05) is 0 Å². The van der Waals surface area contributed by atoms with Gasteiger partial charge in [-0.25, -0.2) is 4.79 Å². The number of carbonyl (C=O) groups excluding carboxylic acids is 1. The molecule has 0 aliphatic heterocycles. The second-order valence-electron chi connectivity index (χ2n) is 4.01. The van der Waals surface area contributed by atoms with Gasteiger partial charge in [-0.05, 0) is 35.9 Å².